The lowest BCUT2D eigenvalue weighted by atomic mass is 10.1. The number of hydrogen-bond donors (Lipinski definition) is 0. The first-order valence-electron chi connectivity index (χ1n) is 8.17. The van der Waals surface area contributed by atoms with Gasteiger partial charge in [0.25, 0.3) is 5.89 Å². The van der Waals surface area contributed by atoms with Crippen molar-refractivity contribution in [1.82, 2.24) is 10.1 Å². The van der Waals surface area contributed by atoms with Gasteiger partial charge >= 0.3 is 0 Å². The van der Waals surface area contributed by atoms with Crippen LogP contribution in [-0.2, 0) is 6.42 Å². The molecule has 0 aliphatic heterocycles. The minimum absolute atomic E-state index is 0.249. The molecule has 0 aliphatic carbocycles. The Hall–Kier alpha value is -2.79. The van der Waals surface area contributed by atoms with E-state index in [-0.39, 0.29) is 5.89 Å². The van der Waals surface area contributed by atoms with E-state index in [2.05, 4.69) is 29.2 Å². The van der Waals surface area contributed by atoms with Gasteiger partial charge in [0.05, 0.1) is 19.8 Å². The molecule has 3 rings (SSSR count). The molecule has 0 amide bonds. The van der Waals surface area contributed by atoms with Gasteiger partial charge in [-0.05, 0) is 35.8 Å². The van der Waals surface area contributed by atoms with Crippen molar-refractivity contribution in [2.24, 2.45) is 0 Å². The van der Waals surface area contributed by atoms with Crippen molar-refractivity contribution >= 4 is 22.7 Å². The van der Waals surface area contributed by atoms with E-state index in [0.29, 0.717) is 27.9 Å². The summed E-state index contributed by atoms with van der Waals surface area (Å²) >= 11 is 6.35. The average Bonchev–Trinajstić information content (AvgIpc) is 3.18. The number of methoxy groups -OCH3 is 2. The van der Waals surface area contributed by atoms with Crippen LogP contribution in [0.3, 0.4) is 0 Å². The summed E-state index contributed by atoms with van der Waals surface area (Å²) in [6, 6.07) is 13.5. The van der Waals surface area contributed by atoms with E-state index in [1.165, 1.54) is 5.56 Å². The summed E-state index contributed by atoms with van der Waals surface area (Å²) in [7, 11) is 3.17. The molecule has 2 aromatic carbocycles. The molecular weight excluding hydrogens is 352 g/mol. The molecule has 0 radical (unpaired) electrons. The largest absolute Gasteiger partial charge is 0.497 e. The Morgan fingerprint density at radius 2 is 1.88 bits per heavy atom. The smallest absolute Gasteiger partial charge is 0.269 e. The number of benzene rings is 2. The zero-order chi connectivity index (χ0) is 18.5. The lowest BCUT2D eigenvalue weighted by Gasteiger charge is -2.07. The normalized spacial score (nSPS) is 11.5. The minimum Gasteiger partial charge on any atom is -0.497 e. The second-order valence-electron chi connectivity index (χ2n) is 5.58. The molecule has 0 unspecified atom stereocenters. The van der Waals surface area contributed by atoms with E-state index in [1.807, 2.05) is 18.2 Å². The predicted molar refractivity (Wildman–Crippen MR) is 102 cm³/mol. The number of halogens is 1. The van der Waals surface area contributed by atoms with E-state index < -0.39 is 0 Å². The Morgan fingerprint density at radius 1 is 1.12 bits per heavy atom. The standard InChI is InChI=1S/C20H19ClN2O3/c1-4-13-5-7-14(8-6-13)11-17(21)20-22-19(23-26-20)16-10-9-15(24-2)12-18(16)25-3/h5-12H,4H2,1-3H3/b17-11-. The molecule has 0 bridgehead atoms. The second-order valence-corrected chi connectivity index (χ2v) is 5.98. The molecule has 0 aliphatic rings. The summed E-state index contributed by atoms with van der Waals surface area (Å²) in [5.74, 6) is 1.92. The lowest BCUT2D eigenvalue weighted by molar-refractivity contribution is 0.393. The Bertz CT molecular complexity index is 917. The van der Waals surface area contributed by atoms with Crippen molar-refractivity contribution in [1.29, 1.82) is 0 Å². The van der Waals surface area contributed by atoms with Gasteiger partial charge in [0.1, 0.15) is 16.5 Å². The maximum Gasteiger partial charge on any atom is 0.269 e. The highest BCUT2D eigenvalue weighted by Gasteiger charge is 2.16. The van der Waals surface area contributed by atoms with Crippen molar-refractivity contribution in [3.05, 3.63) is 59.5 Å². The van der Waals surface area contributed by atoms with Gasteiger partial charge in [-0.25, -0.2) is 0 Å². The number of nitrogens with zero attached hydrogens (tertiary/aromatic N) is 2. The molecule has 26 heavy (non-hydrogen) atoms. The van der Waals surface area contributed by atoms with Gasteiger partial charge in [0.2, 0.25) is 5.82 Å². The monoisotopic (exact) mass is 370 g/mol. The molecule has 0 fully saturated rings. The highest BCUT2D eigenvalue weighted by atomic mass is 35.5. The Labute approximate surface area is 157 Å². The van der Waals surface area contributed by atoms with Gasteiger partial charge in [0, 0.05) is 6.07 Å². The summed E-state index contributed by atoms with van der Waals surface area (Å²) in [5, 5.41) is 4.38. The van der Waals surface area contributed by atoms with Crippen LogP contribution in [0.15, 0.2) is 47.0 Å². The lowest BCUT2D eigenvalue weighted by Crippen LogP contribution is -1.91. The highest BCUT2D eigenvalue weighted by molar-refractivity contribution is 6.50. The molecule has 3 aromatic rings. The van der Waals surface area contributed by atoms with E-state index in [1.54, 1.807) is 32.4 Å². The fourth-order valence-electron chi connectivity index (χ4n) is 2.47. The SMILES string of the molecule is CCc1ccc(/C=C(\Cl)c2nc(-c3ccc(OC)cc3OC)no2)cc1. The van der Waals surface area contributed by atoms with Crippen LogP contribution in [0.5, 0.6) is 11.5 Å². The van der Waals surface area contributed by atoms with E-state index in [0.717, 1.165) is 12.0 Å². The topological polar surface area (TPSA) is 57.4 Å². The van der Waals surface area contributed by atoms with Crippen molar-refractivity contribution in [2.45, 2.75) is 13.3 Å². The number of ether oxygens (including phenoxy) is 2. The van der Waals surface area contributed by atoms with Crippen LogP contribution >= 0.6 is 11.6 Å². The first kappa shape index (κ1) is 18.0. The highest BCUT2D eigenvalue weighted by Crippen LogP contribution is 2.32. The summed E-state index contributed by atoms with van der Waals surface area (Å²) in [4.78, 5) is 4.38. The maximum atomic E-state index is 6.35. The van der Waals surface area contributed by atoms with Gasteiger partial charge in [-0.15, -0.1) is 0 Å². The molecule has 0 saturated carbocycles. The van der Waals surface area contributed by atoms with Crippen LogP contribution in [0.25, 0.3) is 22.5 Å². The maximum absolute atomic E-state index is 6.35. The van der Waals surface area contributed by atoms with Gasteiger partial charge < -0.3 is 14.0 Å². The van der Waals surface area contributed by atoms with Crippen LogP contribution in [0.1, 0.15) is 23.9 Å². The Balaban J connectivity index is 1.88. The van der Waals surface area contributed by atoms with Crippen LogP contribution in [0.4, 0.5) is 0 Å². The summed E-state index contributed by atoms with van der Waals surface area (Å²) < 4.78 is 15.9. The third-order valence-corrected chi connectivity index (χ3v) is 4.23. The number of hydrogen-bond acceptors (Lipinski definition) is 5. The summed E-state index contributed by atoms with van der Waals surface area (Å²) in [6.07, 6.45) is 2.79. The van der Waals surface area contributed by atoms with Gasteiger partial charge in [-0.1, -0.05) is 47.9 Å². The number of aryl methyl sites for hydroxylation is 1. The Kier molecular flexibility index (Phi) is 5.58. The molecule has 6 heteroatoms. The van der Waals surface area contributed by atoms with Crippen LogP contribution in [0, 0.1) is 0 Å². The van der Waals surface area contributed by atoms with Gasteiger partial charge in [-0.2, -0.15) is 4.98 Å². The average molecular weight is 371 g/mol. The van der Waals surface area contributed by atoms with Crippen molar-refractivity contribution < 1.29 is 14.0 Å². The van der Waals surface area contributed by atoms with Gasteiger partial charge in [0.15, 0.2) is 0 Å². The van der Waals surface area contributed by atoms with E-state index in [9.17, 15) is 0 Å². The molecular formula is C20H19ClN2O3. The molecule has 0 saturated heterocycles. The quantitative estimate of drug-likeness (QED) is 0.607. The fraction of sp³-hybridized carbons (Fsp3) is 0.200. The molecule has 0 atom stereocenters. The molecule has 1 aromatic heterocycles. The molecule has 5 nitrogen and oxygen atoms in total. The summed E-state index contributed by atoms with van der Waals surface area (Å²) in [6.45, 7) is 2.12. The zero-order valence-corrected chi connectivity index (χ0v) is 15.6. The van der Waals surface area contributed by atoms with Crippen LogP contribution < -0.4 is 9.47 Å². The van der Waals surface area contributed by atoms with Crippen molar-refractivity contribution in [3.8, 4) is 22.9 Å². The first-order valence-corrected chi connectivity index (χ1v) is 8.55. The van der Waals surface area contributed by atoms with Crippen LogP contribution in [0.2, 0.25) is 0 Å². The Morgan fingerprint density at radius 3 is 2.54 bits per heavy atom. The first-order chi connectivity index (χ1) is 12.6. The number of rotatable bonds is 6. The molecule has 1 heterocycles. The van der Waals surface area contributed by atoms with Crippen LogP contribution in [-0.4, -0.2) is 24.4 Å². The van der Waals surface area contributed by atoms with E-state index >= 15 is 0 Å². The predicted octanol–water partition coefficient (Wildman–Crippen LogP) is 5.05. The zero-order valence-electron chi connectivity index (χ0n) is 14.8. The molecule has 0 spiro atoms. The fourth-order valence-corrected chi connectivity index (χ4v) is 2.67. The molecule has 0 N–H and O–H groups in total. The van der Waals surface area contributed by atoms with Gasteiger partial charge in [-0.3, -0.25) is 0 Å². The summed E-state index contributed by atoms with van der Waals surface area (Å²) in [5.41, 5.74) is 2.93. The van der Waals surface area contributed by atoms with E-state index in [4.69, 9.17) is 25.6 Å². The minimum atomic E-state index is 0.249. The third-order valence-electron chi connectivity index (χ3n) is 3.96. The number of aromatic nitrogens is 2. The second kappa shape index (κ2) is 8.06. The third kappa shape index (κ3) is 3.89. The van der Waals surface area contributed by atoms with Crippen molar-refractivity contribution in [3.63, 3.8) is 0 Å². The molecule has 134 valence electrons. The van der Waals surface area contributed by atoms with Crippen molar-refractivity contribution in [2.75, 3.05) is 14.2 Å².